The second-order valence-corrected chi connectivity index (χ2v) is 8.45. The maximum atomic E-state index is 12.8. The Morgan fingerprint density at radius 3 is 2.37 bits per heavy atom. The van der Waals surface area contributed by atoms with Gasteiger partial charge in [0.15, 0.2) is 5.78 Å². The van der Waals surface area contributed by atoms with E-state index in [4.69, 9.17) is 23.6 Å². The summed E-state index contributed by atoms with van der Waals surface area (Å²) in [4.78, 5) is 17.6. The summed E-state index contributed by atoms with van der Waals surface area (Å²) in [6.07, 6.45) is 1.52. The average Bonchev–Trinajstić information content (AvgIpc) is 2.88. The van der Waals surface area contributed by atoms with Crippen molar-refractivity contribution in [2.45, 2.75) is 33.6 Å². The fraction of sp³-hybridized carbons (Fsp3) is 0.368. The van der Waals surface area contributed by atoms with Crippen molar-refractivity contribution < 1.29 is 33.7 Å². The number of hydrogen-bond donors (Lipinski definition) is 1. The van der Waals surface area contributed by atoms with Crippen molar-refractivity contribution in [2.24, 2.45) is 12.5 Å². The Morgan fingerprint density at radius 1 is 1.15 bits per heavy atom. The first-order valence-corrected chi connectivity index (χ1v) is 9.68. The molecule has 0 bridgehead atoms. The van der Waals surface area contributed by atoms with E-state index in [-0.39, 0.29) is 11.2 Å². The highest BCUT2D eigenvalue weighted by molar-refractivity contribution is 6.10. The first-order chi connectivity index (χ1) is 12.4. The number of pyridine rings is 1. The molecule has 2 heterocycles. The minimum absolute atomic E-state index is 0.0218. The van der Waals surface area contributed by atoms with Gasteiger partial charge in [0.2, 0.25) is 0 Å². The van der Waals surface area contributed by atoms with E-state index >= 15 is 0 Å². The van der Waals surface area contributed by atoms with Gasteiger partial charge in [0.25, 0.3) is 0 Å². The Balaban J connectivity index is 0.000000376. The molecule has 0 saturated carbocycles. The van der Waals surface area contributed by atoms with Gasteiger partial charge in [0.05, 0.1) is 31.7 Å². The quantitative estimate of drug-likeness (QED) is 0.575. The van der Waals surface area contributed by atoms with Gasteiger partial charge < -0.3 is 4.57 Å². The number of rotatable bonds is 0. The molecule has 4 rings (SSSR count). The molecule has 3 aliphatic rings. The summed E-state index contributed by atoms with van der Waals surface area (Å²) < 4.78 is 34.9. The molecule has 144 valence electrons. The van der Waals surface area contributed by atoms with E-state index in [0.29, 0.717) is 6.42 Å². The number of para-hydroxylation sites is 1. The van der Waals surface area contributed by atoms with Gasteiger partial charge in [-0.25, -0.2) is 4.98 Å². The number of ketones is 1. The van der Waals surface area contributed by atoms with E-state index < -0.39 is 10.2 Å². The van der Waals surface area contributed by atoms with Crippen LogP contribution in [0.5, 0.6) is 0 Å². The van der Waals surface area contributed by atoms with Crippen molar-refractivity contribution in [3.8, 4) is 11.3 Å². The van der Waals surface area contributed by atoms with Crippen LogP contribution in [-0.2, 0) is 13.5 Å². The van der Waals surface area contributed by atoms with Gasteiger partial charge in [0, 0.05) is 35.8 Å². The zero-order valence-electron chi connectivity index (χ0n) is 15.6. The topological polar surface area (TPSA) is 124 Å². The molecule has 0 aromatic heterocycles. The van der Waals surface area contributed by atoms with Crippen molar-refractivity contribution >= 4 is 16.7 Å². The van der Waals surface area contributed by atoms with Crippen LogP contribution in [0.25, 0.3) is 22.2 Å². The summed E-state index contributed by atoms with van der Waals surface area (Å²) in [5, 5.41) is 1.14. The average molecular weight is 393 g/mol. The van der Waals surface area contributed by atoms with Crippen LogP contribution in [0, 0.1) is 22.6 Å². The van der Waals surface area contributed by atoms with Gasteiger partial charge in [-0.2, -0.15) is 14.0 Å². The normalized spacial score (nSPS) is 16.2. The second-order valence-electron chi connectivity index (χ2n) is 7.66. The summed E-state index contributed by atoms with van der Waals surface area (Å²) in [6, 6.07) is 8.16. The molecule has 1 aromatic rings. The van der Waals surface area contributed by atoms with Crippen molar-refractivity contribution in [1.82, 2.24) is 9.55 Å². The van der Waals surface area contributed by atoms with E-state index in [1.807, 2.05) is 18.2 Å². The fourth-order valence-electron chi connectivity index (χ4n) is 3.85. The van der Waals surface area contributed by atoms with Gasteiger partial charge in [-0.05, 0) is 24.8 Å². The SMILES string of the molecule is Cc1c2c3ccccc3nc-2c2c(n1C)CC(C)(C)CC2=O.[O-][Cl+3]([O-])([O-])O. The molecule has 1 N–H and O–H groups in total. The number of carbonyl (C=O) groups is 1. The number of hydrogen-bond acceptors (Lipinski definition) is 6. The fourth-order valence-corrected chi connectivity index (χ4v) is 3.85. The molecule has 0 atom stereocenters. The van der Waals surface area contributed by atoms with Crippen LogP contribution < -0.4 is 14.0 Å². The first-order valence-electron chi connectivity index (χ1n) is 8.42. The van der Waals surface area contributed by atoms with E-state index in [9.17, 15) is 4.79 Å². The highest BCUT2D eigenvalue weighted by atomic mass is 35.7. The van der Waals surface area contributed by atoms with E-state index in [2.05, 4.69) is 38.5 Å². The molecule has 0 saturated heterocycles. The third-order valence-electron chi connectivity index (χ3n) is 5.00. The minimum Gasteiger partial charge on any atom is -0.350 e. The summed E-state index contributed by atoms with van der Waals surface area (Å²) in [5.41, 5.74) is 6.19. The molecule has 0 amide bonds. The zero-order valence-corrected chi connectivity index (χ0v) is 16.3. The highest BCUT2D eigenvalue weighted by Crippen LogP contribution is 2.43. The van der Waals surface area contributed by atoms with Crippen LogP contribution in [0.1, 0.15) is 42.0 Å². The molecule has 0 radical (unpaired) electrons. The zero-order chi connectivity index (χ0) is 20.1. The molecule has 0 spiro atoms. The van der Waals surface area contributed by atoms with Gasteiger partial charge in [0.1, 0.15) is 0 Å². The maximum Gasteiger partial charge on any atom is 0.167 e. The number of Topliss-reactive ketones (excluding diaryl/α,β-unsaturated/α-hetero) is 1. The lowest BCUT2D eigenvalue weighted by Gasteiger charge is -2.33. The predicted molar refractivity (Wildman–Crippen MR) is 90.7 cm³/mol. The lowest BCUT2D eigenvalue weighted by molar-refractivity contribution is -1.92. The van der Waals surface area contributed by atoms with Crippen LogP contribution in [0.15, 0.2) is 24.3 Å². The molecule has 1 aromatic carbocycles. The Labute approximate surface area is 159 Å². The molecule has 7 nitrogen and oxygen atoms in total. The lowest BCUT2D eigenvalue weighted by atomic mass is 9.74. The van der Waals surface area contributed by atoms with Crippen LogP contribution in [0.2, 0.25) is 0 Å². The van der Waals surface area contributed by atoms with Crippen LogP contribution in [0.3, 0.4) is 0 Å². The summed E-state index contributed by atoms with van der Waals surface area (Å²) >= 11 is 0. The predicted octanol–water partition coefficient (Wildman–Crippen LogP) is 0.0176. The Morgan fingerprint density at radius 2 is 1.74 bits per heavy atom. The number of nitrogens with zero attached hydrogens (tertiary/aromatic N) is 2. The summed E-state index contributed by atoms with van der Waals surface area (Å²) in [7, 11) is -2.62. The largest absolute Gasteiger partial charge is 0.350 e. The number of halogens is 1. The number of carbonyl (C=O) groups excluding carboxylic acids is 1. The van der Waals surface area contributed by atoms with E-state index in [1.54, 1.807) is 0 Å². The molecule has 2 aliphatic heterocycles. The van der Waals surface area contributed by atoms with Crippen molar-refractivity contribution in [3.05, 3.63) is 41.2 Å². The number of benzene rings is 1. The maximum absolute atomic E-state index is 12.8. The minimum atomic E-state index is -4.69. The first kappa shape index (κ1) is 19.7. The Bertz CT molecular complexity index is 998. The van der Waals surface area contributed by atoms with Crippen LogP contribution in [0.4, 0.5) is 0 Å². The standard InChI is InChI=1S/C19H20N2O.ClHO4/c1-11-16-12-7-5-6-8-13(12)20-18(16)17-14(21(11)4)9-19(2,3)10-15(17)22;2-1(3,4)5/h5-8H,9-10H2,1-4H3;(H,2,3,4,5). The van der Waals surface area contributed by atoms with Gasteiger partial charge in [-0.15, -0.1) is 0 Å². The number of fused-ring (bicyclic) bond motifs is 5. The van der Waals surface area contributed by atoms with Crippen LogP contribution in [-0.4, -0.2) is 20.0 Å². The molecule has 0 unspecified atom stereocenters. The molecule has 27 heavy (non-hydrogen) atoms. The van der Waals surface area contributed by atoms with Crippen LogP contribution >= 0.6 is 0 Å². The van der Waals surface area contributed by atoms with Crippen molar-refractivity contribution in [3.63, 3.8) is 0 Å². The molecular weight excluding hydrogens is 372 g/mol. The van der Waals surface area contributed by atoms with E-state index in [0.717, 1.165) is 39.8 Å². The van der Waals surface area contributed by atoms with Crippen molar-refractivity contribution in [2.75, 3.05) is 0 Å². The molecule has 8 heteroatoms. The molecular formula is C19H21ClN2O5. The Hall–Kier alpha value is -2.03. The Kier molecular flexibility index (Phi) is 4.78. The van der Waals surface area contributed by atoms with Gasteiger partial charge >= 0.3 is 0 Å². The van der Waals surface area contributed by atoms with Gasteiger partial charge in [-0.3, -0.25) is 4.79 Å². The lowest BCUT2D eigenvalue weighted by Crippen LogP contribution is -2.58. The third-order valence-corrected chi connectivity index (χ3v) is 5.00. The monoisotopic (exact) mass is 392 g/mol. The summed E-state index contributed by atoms with van der Waals surface area (Å²) in [6.45, 7) is 6.47. The second kappa shape index (κ2) is 6.54. The van der Waals surface area contributed by atoms with Crippen molar-refractivity contribution in [1.29, 1.82) is 0 Å². The smallest absolute Gasteiger partial charge is 0.167 e. The third kappa shape index (κ3) is 3.83. The number of aromatic nitrogens is 2. The summed E-state index contributed by atoms with van der Waals surface area (Å²) in [5.74, 6) is 0.231. The molecule has 0 fully saturated rings. The van der Waals surface area contributed by atoms with Gasteiger partial charge in [-0.1, -0.05) is 32.0 Å². The molecule has 1 aliphatic carbocycles. The van der Waals surface area contributed by atoms with E-state index in [1.165, 1.54) is 5.69 Å². The highest BCUT2D eigenvalue weighted by Gasteiger charge is 2.37.